The average Bonchev–Trinajstić information content (AvgIpc) is 3.20. The number of hydrogen-bond donors (Lipinski definition) is 1. The highest BCUT2D eigenvalue weighted by Crippen LogP contribution is 2.29. The molecule has 2 aromatic carbocycles. The SMILES string of the molecule is COc1ccc(-c2cccn3nc(Nc4ccc(C(=O)N5CC(F)(F)C5)cc4)nc23)cc1. The van der Waals surface area contributed by atoms with Crippen LogP contribution in [-0.4, -0.2) is 51.5 Å². The monoisotopic (exact) mass is 435 g/mol. The molecule has 1 aliphatic rings. The fourth-order valence-corrected chi connectivity index (χ4v) is 3.62. The largest absolute Gasteiger partial charge is 0.497 e. The van der Waals surface area contributed by atoms with Crippen molar-refractivity contribution >= 4 is 23.2 Å². The van der Waals surface area contributed by atoms with Crippen LogP contribution in [0.15, 0.2) is 66.9 Å². The van der Waals surface area contributed by atoms with E-state index >= 15 is 0 Å². The number of carbonyl (C=O) groups is 1. The Bertz CT molecular complexity index is 1280. The van der Waals surface area contributed by atoms with Crippen LogP contribution >= 0.6 is 0 Å². The lowest BCUT2D eigenvalue weighted by Gasteiger charge is -2.38. The molecule has 0 spiro atoms. The first kappa shape index (κ1) is 19.9. The molecule has 0 bridgehead atoms. The summed E-state index contributed by atoms with van der Waals surface area (Å²) in [6.45, 7) is -1.07. The number of fused-ring (bicyclic) bond motifs is 1. The van der Waals surface area contributed by atoms with Gasteiger partial charge in [0.15, 0.2) is 5.65 Å². The number of ether oxygens (including phenoxy) is 1. The summed E-state index contributed by atoms with van der Waals surface area (Å²) in [6, 6.07) is 18.1. The maximum Gasteiger partial charge on any atom is 0.282 e. The zero-order valence-electron chi connectivity index (χ0n) is 17.1. The van der Waals surface area contributed by atoms with E-state index in [2.05, 4.69) is 15.4 Å². The van der Waals surface area contributed by atoms with Crippen molar-refractivity contribution in [2.24, 2.45) is 0 Å². The van der Waals surface area contributed by atoms with Gasteiger partial charge in [-0.25, -0.2) is 13.3 Å². The predicted molar refractivity (Wildman–Crippen MR) is 116 cm³/mol. The lowest BCUT2D eigenvalue weighted by molar-refractivity contribution is -0.113. The predicted octanol–water partition coefficient (Wildman–Crippen LogP) is 4.24. The normalized spacial score (nSPS) is 14.8. The summed E-state index contributed by atoms with van der Waals surface area (Å²) in [5.74, 6) is -2.02. The number of aromatic nitrogens is 3. The van der Waals surface area contributed by atoms with Gasteiger partial charge < -0.3 is 15.0 Å². The Hall–Kier alpha value is -4.01. The second kappa shape index (κ2) is 7.60. The quantitative estimate of drug-likeness (QED) is 0.508. The Kier molecular flexibility index (Phi) is 4.73. The van der Waals surface area contributed by atoms with Gasteiger partial charge in [-0.15, -0.1) is 5.10 Å². The minimum Gasteiger partial charge on any atom is -0.497 e. The Labute approximate surface area is 182 Å². The zero-order chi connectivity index (χ0) is 22.3. The van der Waals surface area contributed by atoms with Crippen molar-refractivity contribution in [1.82, 2.24) is 19.5 Å². The number of anilines is 2. The van der Waals surface area contributed by atoms with Crippen LogP contribution in [0.1, 0.15) is 10.4 Å². The van der Waals surface area contributed by atoms with Crippen LogP contribution in [-0.2, 0) is 0 Å². The molecule has 32 heavy (non-hydrogen) atoms. The van der Waals surface area contributed by atoms with Gasteiger partial charge in [0.05, 0.1) is 20.2 Å². The number of halogens is 2. The van der Waals surface area contributed by atoms with E-state index in [-0.39, 0.29) is 0 Å². The van der Waals surface area contributed by atoms with Crippen molar-refractivity contribution in [2.75, 3.05) is 25.5 Å². The molecule has 5 rings (SSSR count). The van der Waals surface area contributed by atoms with E-state index in [9.17, 15) is 13.6 Å². The van der Waals surface area contributed by atoms with E-state index in [0.29, 0.717) is 22.8 Å². The van der Waals surface area contributed by atoms with Crippen molar-refractivity contribution in [3.8, 4) is 16.9 Å². The van der Waals surface area contributed by atoms with E-state index in [0.717, 1.165) is 21.8 Å². The molecule has 3 heterocycles. The van der Waals surface area contributed by atoms with Gasteiger partial charge in [0.2, 0.25) is 5.95 Å². The third-order valence-electron chi connectivity index (χ3n) is 5.28. The highest BCUT2D eigenvalue weighted by molar-refractivity contribution is 5.95. The lowest BCUT2D eigenvalue weighted by Crippen LogP contribution is -2.58. The number of rotatable bonds is 5. The number of likely N-dealkylation sites (tertiary alicyclic amines) is 1. The first-order valence-electron chi connectivity index (χ1n) is 9.96. The van der Waals surface area contributed by atoms with E-state index in [1.165, 1.54) is 0 Å². The highest BCUT2D eigenvalue weighted by atomic mass is 19.3. The lowest BCUT2D eigenvalue weighted by atomic mass is 10.1. The number of methoxy groups -OCH3 is 1. The molecular weight excluding hydrogens is 416 g/mol. The van der Waals surface area contributed by atoms with Crippen LogP contribution in [0.4, 0.5) is 20.4 Å². The Morgan fingerprint density at radius 2 is 1.78 bits per heavy atom. The minimum atomic E-state index is -2.78. The summed E-state index contributed by atoms with van der Waals surface area (Å²) in [5.41, 5.74) is 3.62. The van der Waals surface area contributed by atoms with Crippen molar-refractivity contribution in [3.05, 3.63) is 72.4 Å². The molecule has 0 saturated carbocycles. The first-order valence-corrected chi connectivity index (χ1v) is 9.96. The fourth-order valence-electron chi connectivity index (χ4n) is 3.62. The molecule has 0 aliphatic carbocycles. The number of alkyl halides is 2. The van der Waals surface area contributed by atoms with Crippen LogP contribution in [0.25, 0.3) is 16.8 Å². The molecule has 1 N–H and O–H groups in total. The Morgan fingerprint density at radius 3 is 2.44 bits per heavy atom. The molecule has 1 amide bonds. The van der Waals surface area contributed by atoms with Crippen LogP contribution in [0, 0.1) is 0 Å². The summed E-state index contributed by atoms with van der Waals surface area (Å²) in [4.78, 5) is 18.0. The third kappa shape index (κ3) is 3.73. The van der Waals surface area contributed by atoms with Gasteiger partial charge in [-0.3, -0.25) is 4.79 Å². The molecule has 162 valence electrons. The number of pyridine rings is 1. The molecule has 7 nitrogen and oxygen atoms in total. The van der Waals surface area contributed by atoms with E-state index < -0.39 is 24.9 Å². The zero-order valence-corrected chi connectivity index (χ0v) is 17.1. The van der Waals surface area contributed by atoms with Crippen LogP contribution in [0.5, 0.6) is 5.75 Å². The minimum absolute atomic E-state index is 0.357. The molecule has 4 aromatic rings. The highest BCUT2D eigenvalue weighted by Gasteiger charge is 2.46. The van der Waals surface area contributed by atoms with Crippen LogP contribution in [0.2, 0.25) is 0 Å². The first-order chi connectivity index (χ1) is 15.4. The van der Waals surface area contributed by atoms with Gasteiger partial charge >= 0.3 is 0 Å². The molecule has 1 saturated heterocycles. The summed E-state index contributed by atoms with van der Waals surface area (Å²) in [6.07, 6.45) is 1.81. The third-order valence-corrected chi connectivity index (χ3v) is 5.28. The summed E-state index contributed by atoms with van der Waals surface area (Å²) in [5, 5.41) is 7.58. The standard InChI is InChI=1S/C23H19F2N5O2/c1-32-18-10-6-15(7-11-18)19-3-2-12-30-20(19)27-22(28-30)26-17-8-4-16(5-9-17)21(31)29-13-23(24,25)14-29/h2-12H,13-14H2,1H3,(H,26,28). The maximum absolute atomic E-state index is 13.0. The summed E-state index contributed by atoms with van der Waals surface area (Å²) < 4.78 is 32.9. The molecule has 1 fully saturated rings. The fraction of sp³-hybridized carbons (Fsp3) is 0.174. The van der Waals surface area contributed by atoms with Crippen LogP contribution in [0.3, 0.4) is 0 Å². The van der Waals surface area contributed by atoms with Crippen molar-refractivity contribution < 1.29 is 18.3 Å². The number of nitrogens with one attached hydrogen (secondary N) is 1. The van der Waals surface area contributed by atoms with Crippen molar-refractivity contribution in [2.45, 2.75) is 5.92 Å². The van der Waals surface area contributed by atoms with Gasteiger partial charge in [0.25, 0.3) is 11.8 Å². The molecule has 0 atom stereocenters. The van der Waals surface area contributed by atoms with Crippen molar-refractivity contribution in [1.29, 1.82) is 0 Å². The van der Waals surface area contributed by atoms with E-state index in [1.807, 2.05) is 42.6 Å². The smallest absolute Gasteiger partial charge is 0.282 e. The number of carbonyl (C=O) groups excluding carboxylic acids is 1. The Balaban J connectivity index is 1.35. The summed E-state index contributed by atoms with van der Waals surface area (Å²) in [7, 11) is 1.62. The number of hydrogen-bond acceptors (Lipinski definition) is 5. The Morgan fingerprint density at radius 1 is 1.06 bits per heavy atom. The second-order valence-corrected chi connectivity index (χ2v) is 7.57. The van der Waals surface area contributed by atoms with Gasteiger partial charge in [-0.1, -0.05) is 12.1 Å². The number of amides is 1. The molecule has 0 radical (unpaired) electrons. The number of benzene rings is 2. The number of nitrogens with zero attached hydrogens (tertiary/aromatic N) is 4. The van der Waals surface area contributed by atoms with E-state index in [4.69, 9.17) is 4.74 Å². The summed E-state index contributed by atoms with van der Waals surface area (Å²) >= 11 is 0. The molecule has 2 aromatic heterocycles. The molecule has 9 heteroatoms. The molecule has 1 aliphatic heterocycles. The van der Waals surface area contributed by atoms with Gasteiger partial charge in [-0.2, -0.15) is 4.98 Å². The van der Waals surface area contributed by atoms with Gasteiger partial charge in [-0.05, 0) is 54.1 Å². The van der Waals surface area contributed by atoms with Crippen molar-refractivity contribution in [3.63, 3.8) is 0 Å². The second-order valence-electron chi connectivity index (χ2n) is 7.57. The molecular formula is C23H19F2N5O2. The van der Waals surface area contributed by atoms with Crippen LogP contribution < -0.4 is 10.1 Å². The maximum atomic E-state index is 13.0. The molecule has 0 unspecified atom stereocenters. The van der Waals surface area contributed by atoms with Gasteiger partial charge in [0.1, 0.15) is 5.75 Å². The van der Waals surface area contributed by atoms with E-state index in [1.54, 1.807) is 35.9 Å². The topological polar surface area (TPSA) is 71.8 Å². The average molecular weight is 435 g/mol. The van der Waals surface area contributed by atoms with Gasteiger partial charge in [0, 0.05) is 23.0 Å².